The van der Waals surface area contributed by atoms with E-state index in [0.29, 0.717) is 0 Å². The molecule has 0 bridgehead atoms. The van der Waals surface area contributed by atoms with Gasteiger partial charge in [-0.3, -0.25) is 0 Å². The number of phenolic OH excluding ortho intramolecular Hbond substituents is 2. The van der Waals surface area contributed by atoms with Crippen LogP contribution in [0.4, 0.5) is 0 Å². The van der Waals surface area contributed by atoms with Gasteiger partial charge in [-0.1, -0.05) is 139 Å². The van der Waals surface area contributed by atoms with Crippen LogP contribution in [0.2, 0.25) is 0 Å². The first kappa shape index (κ1) is 37.9. The molecule has 0 unspecified atom stereocenters. The lowest BCUT2D eigenvalue weighted by atomic mass is 10.0. The first-order valence-corrected chi connectivity index (χ1v) is 16.9. The van der Waals surface area contributed by atoms with Gasteiger partial charge in [0.15, 0.2) is 0 Å². The Hall–Kier alpha value is -4.25. The molecule has 5 heteroatoms. The van der Waals surface area contributed by atoms with Gasteiger partial charge in [0.2, 0.25) is 0 Å². The van der Waals surface area contributed by atoms with Crippen molar-refractivity contribution in [1.29, 1.82) is 0 Å². The molecule has 0 aliphatic carbocycles. The lowest BCUT2D eigenvalue weighted by molar-refractivity contribution is -0.0980. The summed E-state index contributed by atoms with van der Waals surface area (Å²) in [6.07, 6.45) is 15.0. The molecular formula is C41H54O5. The van der Waals surface area contributed by atoms with Gasteiger partial charge in [-0.2, -0.15) is 0 Å². The summed E-state index contributed by atoms with van der Waals surface area (Å²) in [5.74, 6) is 2.02. The molecule has 0 aliphatic rings. The molecule has 0 radical (unpaired) electrons. The van der Waals surface area contributed by atoms with E-state index in [2.05, 4.69) is 13.8 Å². The predicted molar refractivity (Wildman–Crippen MR) is 192 cm³/mol. The Morgan fingerprint density at radius 3 is 1.17 bits per heavy atom. The van der Waals surface area contributed by atoms with Crippen LogP contribution < -0.4 is 9.47 Å². The van der Waals surface area contributed by atoms with E-state index in [1.165, 1.54) is 64.2 Å². The van der Waals surface area contributed by atoms with Crippen molar-refractivity contribution in [1.82, 2.24) is 0 Å². The van der Waals surface area contributed by atoms with Crippen LogP contribution in [0.25, 0.3) is 22.3 Å². The number of benzene rings is 4. The van der Waals surface area contributed by atoms with E-state index in [9.17, 15) is 10.2 Å². The Labute approximate surface area is 277 Å². The predicted octanol–water partition coefficient (Wildman–Crippen LogP) is 11.4. The van der Waals surface area contributed by atoms with Gasteiger partial charge in [-0.15, -0.1) is 0 Å². The van der Waals surface area contributed by atoms with Crippen LogP contribution in [0.5, 0.6) is 23.0 Å². The zero-order valence-corrected chi connectivity index (χ0v) is 28.0. The molecular weight excluding hydrogens is 572 g/mol. The Balaban J connectivity index is 0.000000304. The number of carbonyl (C=O) groups is 1. The summed E-state index contributed by atoms with van der Waals surface area (Å²) in [6, 6.07) is 30.9. The summed E-state index contributed by atoms with van der Waals surface area (Å²) in [5.41, 5.74) is 3.71. The zero-order chi connectivity index (χ0) is 33.2. The van der Waals surface area contributed by atoms with Gasteiger partial charge in [-0.25, -0.2) is 0 Å². The van der Waals surface area contributed by atoms with Gasteiger partial charge in [0.25, 0.3) is 0 Å². The highest BCUT2D eigenvalue weighted by Crippen LogP contribution is 2.33. The zero-order valence-electron chi connectivity index (χ0n) is 28.0. The topological polar surface area (TPSA) is 76.0 Å². The quantitative estimate of drug-likeness (QED) is 0.107. The summed E-state index contributed by atoms with van der Waals surface area (Å²) in [4.78, 5) is 8.00. The Morgan fingerprint density at radius 2 is 0.826 bits per heavy atom. The fourth-order valence-corrected chi connectivity index (χ4v) is 5.07. The summed E-state index contributed by atoms with van der Waals surface area (Å²) in [5, 5.41) is 20.3. The van der Waals surface area contributed by atoms with Crippen molar-refractivity contribution in [3.63, 3.8) is 0 Å². The third-order valence-electron chi connectivity index (χ3n) is 7.64. The minimum Gasteiger partial charge on any atom is -0.507 e. The highest BCUT2D eigenvalue weighted by molar-refractivity contribution is 5.71. The van der Waals surface area contributed by atoms with Gasteiger partial charge < -0.3 is 24.5 Å². The number of phenols is 2. The standard InChI is InChI=1S/2C20H26O2.CH2O/c2*1-2-3-4-5-6-10-15-22-18-13-14-19(20(21)16-18)17-11-8-7-9-12-17;1-2/h2*7-9,11-14,16,21H,2-6,10,15H2,1H3;1H2. The number of hydrogen-bond acceptors (Lipinski definition) is 5. The number of rotatable bonds is 18. The largest absolute Gasteiger partial charge is 0.507 e. The molecule has 46 heavy (non-hydrogen) atoms. The minimum absolute atomic E-state index is 0.270. The number of unbranched alkanes of at least 4 members (excludes halogenated alkanes) is 10. The van der Waals surface area contributed by atoms with Crippen molar-refractivity contribution in [2.24, 2.45) is 0 Å². The van der Waals surface area contributed by atoms with Crippen molar-refractivity contribution in [3.8, 4) is 45.3 Å². The summed E-state index contributed by atoms with van der Waals surface area (Å²) in [6.45, 7) is 7.90. The molecule has 4 aromatic rings. The van der Waals surface area contributed by atoms with Gasteiger partial charge in [-0.05, 0) is 48.2 Å². The lowest BCUT2D eigenvalue weighted by Crippen LogP contribution is -1.97. The fourth-order valence-electron chi connectivity index (χ4n) is 5.07. The SMILES string of the molecule is C=O.CCCCCCCCOc1ccc(-c2ccccc2)c(O)c1.CCCCCCCCOc1ccc(-c2ccccc2)c(O)c1. The van der Waals surface area contributed by atoms with Crippen LogP contribution in [0.15, 0.2) is 97.1 Å². The van der Waals surface area contributed by atoms with Crippen LogP contribution in [0.1, 0.15) is 90.9 Å². The first-order chi connectivity index (χ1) is 22.6. The van der Waals surface area contributed by atoms with E-state index in [1.54, 1.807) is 12.1 Å². The molecule has 0 spiro atoms. The second-order valence-electron chi connectivity index (χ2n) is 11.3. The number of ether oxygens (including phenoxy) is 2. The van der Waals surface area contributed by atoms with Crippen LogP contribution in [0.3, 0.4) is 0 Å². The van der Waals surface area contributed by atoms with Crippen LogP contribution >= 0.6 is 0 Å². The third kappa shape index (κ3) is 14.7. The summed E-state index contributed by atoms with van der Waals surface area (Å²) < 4.78 is 11.4. The molecule has 0 aromatic heterocycles. The van der Waals surface area contributed by atoms with Gasteiger partial charge in [0.05, 0.1) is 13.2 Å². The fraction of sp³-hybridized carbons (Fsp3) is 0.390. The normalized spacial score (nSPS) is 10.2. The maximum absolute atomic E-state index is 10.2. The average molecular weight is 627 g/mol. The minimum atomic E-state index is 0.270. The van der Waals surface area contributed by atoms with Crippen molar-refractivity contribution in [2.45, 2.75) is 90.9 Å². The molecule has 0 heterocycles. The van der Waals surface area contributed by atoms with E-state index in [1.807, 2.05) is 91.7 Å². The van der Waals surface area contributed by atoms with Crippen molar-refractivity contribution >= 4 is 6.79 Å². The van der Waals surface area contributed by atoms with E-state index in [-0.39, 0.29) is 11.5 Å². The molecule has 248 valence electrons. The molecule has 0 fully saturated rings. The highest BCUT2D eigenvalue weighted by Gasteiger charge is 2.07. The Kier molecular flexibility index (Phi) is 19.8. The van der Waals surface area contributed by atoms with E-state index in [4.69, 9.17) is 14.3 Å². The number of carbonyl (C=O) groups excluding carboxylic acids is 1. The molecule has 2 N–H and O–H groups in total. The van der Waals surface area contributed by atoms with Crippen molar-refractivity contribution < 1.29 is 24.5 Å². The average Bonchev–Trinajstić information content (AvgIpc) is 3.09. The van der Waals surface area contributed by atoms with E-state index >= 15 is 0 Å². The maximum Gasteiger partial charge on any atom is 0.127 e. The molecule has 4 rings (SSSR count). The molecule has 0 aliphatic heterocycles. The number of aromatic hydroxyl groups is 2. The van der Waals surface area contributed by atoms with E-state index in [0.717, 1.165) is 59.8 Å². The molecule has 5 nitrogen and oxygen atoms in total. The smallest absolute Gasteiger partial charge is 0.127 e. The Morgan fingerprint density at radius 1 is 0.478 bits per heavy atom. The Bertz CT molecular complexity index is 1220. The highest BCUT2D eigenvalue weighted by atomic mass is 16.5. The lowest BCUT2D eigenvalue weighted by Gasteiger charge is -2.09. The second kappa shape index (κ2) is 24.0. The summed E-state index contributed by atoms with van der Waals surface area (Å²) in [7, 11) is 0. The number of hydrogen-bond donors (Lipinski definition) is 2. The van der Waals surface area contributed by atoms with Gasteiger partial charge in [0.1, 0.15) is 29.8 Å². The third-order valence-corrected chi connectivity index (χ3v) is 7.64. The molecule has 4 aromatic carbocycles. The van der Waals surface area contributed by atoms with Gasteiger partial charge >= 0.3 is 0 Å². The second-order valence-corrected chi connectivity index (χ2v) is 11.3. The first-order valence-electron chi connectivity index (χ1n) is 16.9. The van der Waals surface area contributed by atoms with Crippen molar-refractivity contribution in [2.75, 3.05) is 13.2 Å². The van der Waals surface area contributed by atoms with E-state index < -0.39 is 0 Å². The molecule has 0 amide bonds. The molecule has 0 saturated carbocycles. The summed E-state index contributed by atoms with van der Waals surface area (Å²) >= 11 is 0. The van der Waals surface area contributed by atoms with Crippen LogP contribution in [0, 0.1) is 0 Å². The molecule has 0 atom stereocenters. The molecule has 0 saturated heterocycles. The maximum atomic E-state index is 10.2. The van der Waals surface area contributed by atoms with Crippen molar-refractivity contribution in [3.05, 3.63) is 97.1 Å². The van der Waals surface area contributed by atoms with Gasteiger partial charge in [0, 0.05) is 23.3 Å². The van der Waals surface area contributed by atoms with Crippen LogP contribution in [-0.2, 0) is 4.79 Å². The van der Waals surface area contributed by atoms with Crippen LogP contribution in [-0.4, -0.2) is 30.2 Å². The monoisotopic (exact) mass is 626 g/mol.